The Kier molecular flexibility index (Phi) is 9.20. The summed E-state index contributed by atoms with van der Waals surface area (Å²) in [7, 11) is 0. The Morgan fingerprint density at radius 3 is 1.45 bits per heavy atom. The fraction of sp³-hybridized carbons (Fsp3) is 0. The number of nitrogens with zero attached hydrogens (tertiary/aromatic N) is 2. The van der Waals surface area contributed by atoms with Crippen molar-refractivity contribution in [1.29, 1.82) is 0 Å². The lowest BCUT2D eigenvalue weighted by Gasteiger charge is -2.27. The molecule has 12 rings (SSSR count). The first-order chi connectivity index (χ1) is 31.8. The fourth-order valence-electron chi connectivity index (χ4n) is 9.94. The predicted octanol–water partition coefficient (Wildman–Crippen LogP) is 17.2. The lowest BCUT2D eigenvalue weighted by atomic mass is 9.85. The van der Waals surface area contributed by atoms with Gasteiger partial charge in [-0.2, -0.15) is 0 Å². The van der Waals surface area contributed by atoms with Gasteiger partial charge in [-0.25, -0.2) is 0 Å². The summed E-state index contributed by atoms with van der Waals surface area (Å²) in [6, 6.07) is 92.7. The van der Waals surface area contributed by atoms with Crippen LogP contribution in [0.1, 0.15) is 0 Å². The van der Waals surface area contributed by atoms with Gasteiger partial charge in [0.15, 0.2) is 0 Å². The zero-order chi connectivity index (χ0) is 42.4. The highest BCUT2D eigenvalue weighted by Gasteiger charge is 2.22. The van der Waals surface area contributed by atoms with Crippen molar-refractivity contribution in [2.24, 2.45) is 0 Å². The van der Waals surface area contributed by atoms with Gasteiger partial charge in [0.25, 0.3) is 0 Å². The summed E-state index contributed by atoms with van der Waals surface area (Å²) >= 11 is 0. The summed E-state index contributed by atoms with van der Waals surface area (Å²) in [6.07, 6.45) is 0. The van der Waals surface area contributed by atoms with E-state index in [-0.39, 0.29) is 0 Å². The van der Waals surface area contributed by atoms with Crippen molar-refractivity contribution in [3.05, 3.63) is 255 Å². The summed E-state index contributed by atoms with van der Waals surface area (Å²) in [6.45, 7) is 0. The molecule has 0 fully saturated rings. The molecule has 0 bridgehead atoms. The molecule has 1 heterocycles. The van der Waals surface area contributed by atoms with E-state index in [1.54, 1.807) is 0 Å². The quantitative estimate of drug-likeness (QED) is 0.139. The molecule has 0 aliphatic carbocycles. The molecular formula is C62H42N2. The van der Waals surface area contributed by atoms with Crippen LogP contribution in [0, 0.1) is 0 Å². The summed E-state index contributed by atoms with van der Waals surface area (Å²) in [5.74, 6) is 0. The van der Waals surface area contributed by atoms with Gasteiger partial charge in [0.1, 0.15) is 0 Å². The van der Waals surface area contributed by atoms with Crippen LogP contribution >= 0.6 is 0 Å². The van der Waals surface area contributed by atoms with Crippen LogP contribution in [0.15, 0.2) is 255 Å². The van der Waals surface area contributed by atoms with Crippen molar-refractivity contribution in [3.8, 4) is 50.2 Å². The monoisotopic (exact) mass is 814 g/mol. The van der Waals surface area contributed by atoms with Crippen LogP contribution in [0.3, 0.4) is 0 Å². The van der Waals surface area contributed by atoms with E-state index in [0.29, 0.717) is 0 Å². The Labute approximate surface area is 373 Å². The van der Waals surface area contributed by atoms with Gasteiger partial charge in [-0.1, -0.05) is 194 Å². The third kappa shape index (κ3) is 6.35. The molecule has 64 heavy (non-hydrogen) atoms. The number of para-hydroxylation sites is 2. The van der Waals surface area contributed by atoms with Crippen LogP contribution in [0.5, 0.6) is 0 Å². The molecule has 0 unspecified atom stereocenters. The van der Waals surface area contributed by atoms with Crippen LogP contribution in [0.2, 0.25) is 0 Å². The standard InChI is InChI=1S/C62H42N2/c1-5-19-43(20-6-1)44-35-37-49(38-36-44)63(50-28-17-25-47(41-50)52-32-18-34-59-62(52)56-31-15-16-33-58(56)64(59)48-26-11-4-12-27-48)51-39-40-54-53-29-13-14-30-55(53)60(45-21-7-2-8-22-45)61(57(54)42-51)46-23-9-3-10-24-46/h1-42H. The highest BCUT2D eigenvalue weighted by molar-refractivity contribution is 6.22. The zero-order valence-electron chi connectivity index (χ0n) is 35.1. The first-order valence-electron chi connectivity index (χ1n) is 22.0. The molecule has 0 aliphatic rings. The van der Waals surface area contributed by atoms with Gasteiger partial charge in [0.05, 0.1) is 11.0 Å². The molecule has 0 saturated carbocycles. The van der Waals surface area contributed by atoms with Gasteiger partial charge in [-0.15, -0.1) is 0 Å². The third-order valence-corrected chi connectivity index (χ3v) is 12.8. The van der Waals surface area contributed by atoms with Crippen molar-refractivity contribution in [2.75, 3.05) is 4.90 Å². The van der Waals surface area contributed by atoms with Gasteiger partial charge in [-0.05, 0) is 127 Å². The Hall–Kier alpha value is -8.46. The first-order valence-corrected chi connectivity index (χ1v) is 22.0. The maximum Gasteiger partial charge on any atom is 0.0547 e. The molecular weight excluding hydrogens is 773 g/mol. The van der Waals surface area contributed by atoms with E-state index in [2.05, 4.69) is 264 Å². The number of aromatic nitrogens is 1. The number of benzene rings is 11. The number of fused-ring (bicyclic) bond motifs is 6. The predicted molar refractivity (Wildman–Crippen MR) is 272 cm³/mol. The second-order valence-electron chi connectivity index (χ2n) is 16.4. The lowest BCUT2D eigenvalue weighted by Crippen LogP contribution is -2.10. The average Bonchev–Trinajstić information content (AvgIpc) is 3.72. The van der Waals surface area contributed by atoms with E-state index in [0.717, 1.165) is 28.3 Å². The second-order valence-corrected chi connectivity index (χ2v) is 16.4. The SMILES string of the molecule is c1ccc(-c2ccc(N(c3cccc(-c4cccc5c4c4ccccc4n5-c4ccccc4)c3)c3ccc4c(c3)c(-c3ccccc3)c(-c3ccccc3)c3ccccc34)cc2)cc1. The molecule has 0 amide bonds. The fourth-order valence-corrected chi connectivity index (χ4v) is 9.94. The van der Waals surface area contributed by atoms with Gasteiger partial charge in [0, 0.05) is 33.5 Å². The minimum atomic E-state index is 1.08. The zero-order valence-corrected chi connectivity index (χ0v) is 35.1. The largest absolute Gasteiger partial charge is 0.310 e. The Bertz CT molecular complexity index is 3630. The maximum absolute atomic E-state index is 2.43. The number of hydrogen-bond donors (Lipinski definition) is 0. The topological polar surface area (TPSA) is 8.17 Å². The molecule has 1 aromatic heterocycles. The molecule has 0 radical (unpaired) electrons. The molecule has 0 aliphatic heterocycles. The van der Waals surface area contributed by atoms with Crippen molar-refractivity contribution < 1.29 is 0 Å². The van der Waals surface area contributed by atoms with E-state index in [9.17, 15) is 0 Å². The number of hydrogen-bond acceptors (Lipinski definition) is 1. The van der Waals surface area contributed by atoms with Gasteiger partial charge >= 0.3 is 0 Å². The first kappa shape index (κ1) is 37.3. The Morgan fingerprint density at radius 2 is 0.750 bits per heavy atom. The summed E-state index contributed by atoms with van der Waals surface area (Å²) < 4.78 is 2.39. The molecule has 0 saturated heterocycles. The number of rotatable bonds is 8. The van der Waals surface area contributed by atoms with Crippen LogP contribution in [-0.4, -0.2) is 4.57 Å². The van der Waals surface area contributed by atoms with Crippen molar-refractivity contribution in [1.82, 2.24) is 4.57 Å². The van der Waals surface area contributed by atoms with E-state index in [1.807, 2.05) is 0 Å². The summed E-state index contributed by atoms with van der Waals surface area (Å²) in [5.41, 5.74) is 16.4. The Morgan fingerprint density at radius 1 is 0.266 bits per heavy atom. The van der Waals surface area contributed by atoms with Crippen LogP contribution in [0.25, 0.3) is 93.5 Å². The highest BCUT2D eigenvalue weighted by Crippen LogP contribution is 2.48. The summed E-state index contributed by atoms with van der Waals surface area (Å²) in [4.78, 5) is 2.43. The maximum atomic E-state index is 2.43. The van der Waals surface area contributed by atoms with Crippen LogP contribution in [-0.2, 0) is 0 Å². The minimum Gasteiger partial charge on any atom is -0.310 e. The van der Waals surface area contributed by atoms with E-state index in [4.69, 9.17) is 0 Å². The lowest BCUT2D eigenvalue weighted by molar-refractivity contribution is 1.18. The van der Waals surface area contributed by atoms with Crippen LogP contribution in [0.4, 0.5) is 17.1 Å². The van der Waals surface area contributed by atoms with E-state index in [1.165, 1.54) is 82.3 Å². The molecule has 11 aromatic carbocycles. The van der Waals surface area contributed by atoms with Crippen LogP contribution < -0.4 is 4.90 Å². The molecule has 2 heteroatoms. The molecule has 0 spiro atoms. The van der Waals surface area contributed by atoms with Gasteiger partial charge in [0.2, 0.25) is 0 Å². The average molecular weight is 815 g/mol. The van der Waals surface area contributed by atoms with Crippen molar-refractivity contribution in [3.63, 3.8) is 0 Å². The second kappa shape index (κ2) is 15.8. The molecule has 0 atom stereocenters. The van der Waals surface area contributed by atoms with Crippen molar-refractivity contribution in [2.45, 2.75) is 0 Å². The molecule has 2 nitrogen and oxygen atoms in total. The third-order valence-electron chi connectivity index (χ3n) is 12.8. The van der Waals surface area contributed by atoms with Gasteiger partial charge < -0.3 is 9.47 Å². The molecule has 12 aromatic rings. The van der Waals surface area contributed by atoms with Gasteiger partial charge in [-0.3, -0.25) is 0 Å². The summed E-state index contributed by atoms with van der Waals surface area (Å²) in [5, 5.41) is 7.41. The highest BCUT2D eigenvalue weighted by atomic mass is 15.1. The number of anilines is 3. The van der Waals surface area contributed by atoms with E-state index < -0.39 is 0 Å². The normalized spacial score (nSPS) is 11.4. The van der Waals surface area contributed by atoms with E-state index >= 15 is 0 Å². The van der Waals surface area contributed by atoms with Crippen molar-refractivity contribution >= 4 is 60.4 Å². The Balaban J connectivity index is 1.10. The molecule has 0 N–H and O–H groups in total. The minimum absolute atomic E-state index is 1.08. The molecule has 300 valence electrons. The smallest absolute Gasteiger partial charge is 0.0547 e.